The van der Waals surface area contributed by atoms with E-state index < -0.39 is 0 Å². The summed E-state index contributed by atoms with van der Waals surface area (Å²) < 4.78 is 1.62. The number of hydrogen-bond acceptors (Lipinski definition) is 3. The van der Waals surface area contributed by atoms with Crippen LogP contribution >= 0.6 is 0 Å². The van der Waals surface area contributed by atoms with Crippen LogP contribution in [0.4, 0.5) is 0 Å². The van der Waals surface area contributed by atoms with Crippen molar-refractivity contribution in [3.63, 3.8) is 0 Å². The minimum Gasteiger partial charge on any atom is -0.281 e. The van der Waals surface area contributed by atoms with Gasteiger partial charge in [0.05, 0.1) is 22.8 Å². The first kappa shape index (κ1) is 21.1. The Balaban J connectivity index is 1.92. The summed E-state index contributed by atoms with van der Waals surface area (Å²) in [4.78, 5) is 37.7. The molecule has 1 aliphatic rings. The van der Waals surface area contributed by atoms with E-state index in [1.807, 2.05) is 24.3 Å². The Morgan fingerprint density at radius 3 is 2.28 bits per heavy atom. The number of unbranched alkanes of at least 4 members (excludes halogenated alkanes) is 6. The molecule has 0 aliphatic carbocycles. The van der Waals surface area contributed by atoms with Crippen molar-refractivity contribution in [2.45, 2.75) is 78.2 Å². The number of carbonyl (C=O) groups is 3. The molecule has 0 saturated heterocycles. The average Bonchev–Trinajstić information content (AvgIpc) is 3.04. The van der Waals surface area contributed by atoms with Crippen molar-refractivity contribution in [3.05, 3.63) is 35.5 Å². The number of rotatable bonds is 8. The summed E-state index contributed by atoms with van der Waals surface area (Å²) in [6.07, 6.45) is 8.89. The highest BCUT2D eigenvalue weighted by Gasteiger charge is 2.39. The molecular formula is C23H31N3O3. The fraction of sp³-hybridized carbons (Fsp3) is 0.522. The van der Waals surface area contributed by atoms with Gasteiger partial charge in [0, 0.05) is 19.2 Å². The van der Waals surface area contributed by atoms with Crippen LogP contribution in [0.25, 0.3) is 10.9 Å². The minimum atomic E-state index is -0.341. The molecule has 6 nitrogen and oxygen atoms in total. The van der Waals surface area contributed by atoms with Crippen molar-refractivity contribution in [2.75, 3.05) is 0 Å². The van der Waals surface area contributed by atoms with E-state index in [-0.39, 0.29) is 23.8 Å². The van der Waals surface area contributed by atoms with Crippen LogP contribution in [0.5, 0.6) is 0 Å². The molecule has 3 rings (SSSR count). The number of hydrogen-bond donors (Lipinski definition) is 1. The number of hydrazine groups is 1. The minimum absolute atomic E-state index is 0.148. The molecule has 2 heterocycles. The van der Waals surface area contributed by atoms with E-state index >= 15 is 0 Å². The smallest absolute Gasteiger partial charge is 0.272 e. The van der Waals surface area contributed by atoms with Gasteiger partial charge >= 0.3 is 0 Å². The van der Waals surface area contributed by atoms with Crippen LogP contribution in [0.15, 0.2) is 24.3 Å². The summed E-state index contributed by atoms with van der Waals surface area (Å²) in [7, 11) is 0. The molecule has 2 aromatic rings. The predicted molar refractivity (Wildman–Crippen MR) is 114 cm³/mol. The number of para-hydroxylation sites is 1. The SMILES string of the molecule is CCCCCCCCCC1c2c(c3ccccc3n2C(C)=O)C(=O)NN1C(C)=O. The molecular weight excluding hydrogens is 366 g/mol. The number of carbonyl (C=O) groups excluding carboxylic acids is 3. The predicted octanol–water partition coefficient (Wildman–Crippen LogP) is 4.99. The molecule has 1 atom stereocenters. The highest BCUT2D eigenvalue weighted by atomic mass is 16.2. The van der Waals surface area contributed by atoms with E-state index in [0.717, 1.165) is 23.7 Å². The normalized spacial score (nSPS) is 16.0. The summed E-state index contributed by atoms with van der Waals surface area (Å²) >= 11 is 0. The molecule has 0 radical (unpaired) electrons. The molecule has 0 fully saturated rings. The van der Waals surface area contributed by atoms with Gasteiger partial charge in [-0.05, 0) is 12.5 Å². The highest BCUT2D eigenvalue weighted by molar-refractivity contribution is 6.12. The van der Waals surface area contributed by atoms with Gasteiger partial charge in [-0.15, -0.1) is 0 Å². The van der Waals surface area contributed by atoms with E-state index in [9.17, 15) is 14.4 Å². The molecule has 2 amide bonds. The summed E-state index contributed by atoms with van der Waals surface area (Å²) in [5.74, 6) is -0.704. The maximum absolute atomic E-state index is 12.8. The topological polar surface area (TPSA) is 71.4 Å². The number of nitrogens with one attached hydrogen (secondary N) is 1. The molecule has 1 aromatic heterocycles. The molecule has 29 heavy (non-hydrogen) atoms. The lowest BCUT2D eigenvalue weighted by Gasteiger charge is -2.36. The first-order chi connectivity index (χ1) is 14.0. The van der Waals surface area contributed by atoms with Crippen LogP contribution in [0.3, 0.4) is 0 Å². The summed E-state index contributed by atoms with van der Waals surface area (Å²) in [5.41, 5.74) is 4.63. The van der Waals surface area contributed by atoms with Crippen molar-refractivity contribution < 1.29 is 14.4 Å². The fourth-order valence-corrected chi connectivity index (χ4v) is 4.38. The molecule has 1 unspecified atom stereocenters. The average molecular weight is 398 g/mol. The number of amides is 2. The molecule has 1 aromatic carbocycles. The van der Waals surface area contributed by atoms with Gasteiger partial charge < -0.3 is 0 Å². The lowest BCUT2D eigenvalue weighted by molar-refractivity contribution is -0.135. The van der Waals surface area contributed by atoms with E-state index in [1.54, 1.807) is 4.57 Å². The number of fused-ring (bicyclic) bond motifs is 3. The van der Waals surface area contributed by atoms with Crippen molar-refractivity contribution in [2.24, 2.45) is 0 Å². The van der Waals surface area contributed by atoms with Crippen LogP contribution in [0, 0.1) is 0 Å². The third-order valence-corrected chi connectivity index (χ3v) is 5.72. The maximum Gasteiger partial charge on any atom is 0.272 e. The van der Waals surface area contributed by atoms with Gasteiger partial charge in [0.25, 0.3) is 5.91 Å². The van der Waals surface area contributed by atoms with Gasteiger partial charge in [-0.1, -0.05) is 70.1 Å². The first-order valence-electron chi connectivity index (χ1n) is 10.7. The van der Waals surface area contributed by atoms with Crippen LogP contribution in [-0.2, 0) is 4.79 Å². The summed E-state index contributed by atoms with van der Waals surface area (Å²) in [5, 5.41) is 2.16. The third kappa shape index (κ3) is 4.21. The number of nitrogens with zero attached hydrogens (tertiary/aromatic N) is 2. The maximum atomic E-state index is 12.8. The number of benzene rings is 1. The summed E-state index contributed by atoms with van der Waals surface area (Å²) in [6, 6.07) is 7.10. The van der Waals surface area contributed by atoms with E-state index in [2.05, 4.69) is 12.3 Å². The molecule has 0 bridgehead atoms. The largest absolute Gasteiger partial charge is 0.281 e. The third-order valence-electron chi connectivity index (χ3n) is 5.72. The second kappa shape index (κ2) is 9.25. The van der Waals surface area contributed by atoms with Crippen LogP contribution in [-0.4, -0.2) is 27.3 Å². The van der Waals surface area contributed by atoms with Gasteiger partial charge in [-0.2, -0.15) is 0 Å². The molecule has 1 N–H and O–H groups in total. The zero-order valence-electron chi connectivity index (χ0n) is 17.7. The molecule has 0 saturated carbocycles. The van der Waals surface area contributed by atoms with E-state index in [0.29, 0.717) is 17.7 Å². The number of aromatic nitrogens is 1. The monoisotopic (exact) mass is 397 g/mol. The van der Waals surface area contributed by atoms with Crippen molar-refractivity contribution in [3.8, 4) is 0 Å². The zero-order chi connectivity index (χ0) is 21.0. The quantitative estimate of drug-likeness (QED) is 0.638. The Morgan fingerprint density at radius 2 is 1.62 bits per heavy atom. The first-order valence-corrected chi connectivity index (χ1v) is 10.7. The lowest BCUT2D eigenvalue weighted by Crippen LogP contribution is -2.51. The van der Waals surface area contributed by atoms with Crippen LogP contribution in [0.2, 0.25) is 0 Å². The Bertz CT molecular complexity index is 882. The molecule has 0 spiro atoms. The Labute approximate surface area is 172 Å². The van der Waals surface area contributed by atoms with Crippen molar-refractivity contribution in [1.29, 1.82) is 0 Å². The molecule has 1 aliphatic heterocycles. The van der Waals surface area contributed by atoms with Crippen LogP contribution in [0.1, 0.15) is 99.0 Å². The van der Waals surface area contributed by atoms with Gasteiger partial charge in [0.15, 0.2) is 0 Å². The zero-order valence-corrected chi connectivity index (χ0v) is 17.7. The Kier molecular flexibility index (Phi) is 6.72. The van der Waals surface area contributed by atoms with Gasteiger partial charge in [-0.25, -0.2) is 5.01 Å². The summed E-state index contributed by atoms with van der Waals surface area (Å²) in [6.45, 7) is 5.16. The van der Waals surface area contributed by atoms with Gasteiger partial charge in [0.2, 0.25) is 11.8 Å². The van der Waals surface area contributed by atoms with E-state index in [4.69, 9.17) is 0 Å². The van der Waals surface area contributed by atoms with E-state index in [1.165, 1.54) is 51.0 Å². The molecule has 156 valence electrons. The standard InChI is InChI=1S/C23H31N3O3/c1-4-5-6-7-8-9-10-15-20-22-21(23(29)24-26(20)17(3)28)18-13-11-12-14-19(18)25(22)16(2)27/h11-14,20H,4-10,15H2,1-3H3,(H,24,29). The molecule has 6 heteroatoms. The fourth-order valence-electron chi connectivity index (χ4n) is 4.38. The Hall–Kier alpha value is -2.63. The second-order valence-corrected chi connectivity index (χ2v) is 7.89. The highest BCUT2D eigenvalue weighted by Crippen LogP contribution is 2.38. The van der Waals surface area contributed by atoms with Gasteiger partial charge in [-0.3, -0.25) is 24.4 Å². The van der Waals surface area contributed by atoms with Gasteiger partial charge in [0.1, 0.15) is 0 Å². The second-order valence-electron chi connectivity index (χ2n) is 7.89. The van der Waals surface area contributed by atoms with Crippen molar-refractivity contribution >= 4 is 28.6 Å². The van der Waals surface area contributed by atoms with Crippen molar-refractivity contribution in [1.82, 2.24) is 15.0 Å². The Morgan fingerprint density at radius 1 is 0.966 bits per heavy atom. The lowest BCUT2D eigenvalue weighted by atomic mass is 9.97. The van der Waals surface area contributed by atoms with Crippen LogP contribution < -0.4 is 5.43 Å².